The van der Waals surface area contributed by atoms with Crippen LogP contribution in [0, 0.1) is 0 Å². The van der Waals surface area contributed by atoms with Crippen LogP contribution in [0.25, 0.3) is 0 Å². The predicted octanol–water partition coefficient (Wildman–Crippen LogP) is 6.12. The molecule has 0 aliphatic carbocycles. The molecule has 0 aliphatic rings. The minimum absolute atomic E-state index is 0.0799. The van der Waals surface area contributed by atoms with E-state index in [1.54, 1.807) is 22.7 Å². The molecule has 2 heterocycles. The quantitative estimate of drug-likeness (QED) is 0.582. The van der Waals surface area contributed by atoms with Crippen molar-refractivity contribution in [1.29, 1.82) is 0 Å². The van der Waals surface area contributed by atoms with Crippen LogP contribution in [0.2, 0.25) is 5.02 Å². The van der Waals surface area contributed by atoms with Gasteiger partial charge in [-0.05, 0) is 45.4 Å². The molecule has 86 valence electrons. The van der Waals surface area contributed by atoms with Crippen molar-refractivity contribution in [2.45, 2.75) is 18.7 Å². The third-order valence-corrected chi connectivity index (χ3v) is 6.58. The molecular weight excluding hydrogens is 347 g/mol. The molecule has 0 nitrogen and oxygen atoms in total. The second-order valence-electron chi connectivity index (χ2n) is 3.30. The first kappa shape index (κ1) is 12.9. The first-order chi connectivity index (χ1) is 7.63. The molecule has 0 N–H and O–H groups in total. The summed E-state index contributed by atoms with van der Waals surface area (Å²) in [6.45, 7) is 2.15. The van der Waals surface area contributed by atoms with E-state index in [9.17, 15) is 0 Å². The number of halogens is 3. The maximum atomic E-state index is 6.48. The summed E-state index contributed by atoms with van der Waals surface area (Å²) in [5.41, 5.74) is 1.32. The van der Waals surface area contributed by atoms with Crippen molar-refractivity contribution in [2.75, 3.05) is 0 Å². The molecular formula is C11H9BrCl2S2. The third kappa shape index (κ3) is 2.49. The summed E-state index contributed by atoms with van der Waals surface area (Å²) in [6, 6.07) is 4.08. The molecule has 1 atom stereocenters. The van der Waals surface area contributed by atoms with Gasteiger partial charge in [-0.1, -0.05) is 18.5 Å². The van der Waals surface area contributed by atoms with Crippen LogP contribution in [0.1, 0.15) is 27.6 Å². The third-order valence-electron chi connectivity index (χ3n) is 2.31. The molecule has 0 radical (unpaired) electrons. The smallest absolute Gasteiger partial charge is 0.102 e. The molecule has 0 aliphatic heterocycles. The van der Waals surface area contributed by atoms with E-state index in [-0.39, 0.29) is 5.38 Å². The summed E-state index contributed by atoms with van der Waals surface area (Å²) in [7, 11) is 0. The number of aryl methyl sites for hydroxylation is 1. The summed E-state index contributed by atoms with van der Waals surface area (Å²) in [5.74, 6) is 0. The van der Waals surface area contributed by atoms with E-state index in [2.05, 4.69) is 34.3 Å². The van der Waals surface area contributed by atoms with Crippen molar-refractivity contribution in [3.8, 4) is 0 Å². The molecule has 0 saturated carbocycles. The van der Waals surface area contributed by atoms with Crippen LogP contribution in [-0.2, 0) is 6.42 Å². The summed E-state index contributed by atoms with van der Waals surface area (Å²) < 4.78 is 0.949. The highest BCUT2D eigenvalue weighted by Crippen LogP contribution is 2.42. The molecule has 0 fully saturated rings. The number of rotatable bonds is 3. The van der Waals surface area contributed by atoms with E-state index >= 15 is 0 Å². The molecule has 2 aromatic rings. The van der Waals surface area contributed by atoms with Crippen molar-refractivity contribution in [3.05, 3.63) is 41.6 Å². The SMILES string of the molecule is CCc1ccsc1C(Cl)c1cc(Cl)c(Br)s1. The Morgan fingerprint density at radius 3 is 2.81 bits per heavy atom. The lowest BCUT2D eigenvalue weighted by Gasteiger charge is -2.07. The van der Waals surface area contributed by atoms with Gasteiger partial charge in [0.25, 0.3) is 0 Å². The Labute approximate surface area is 121 Å². The van der Waals surface area contributed by atoms with Gasteiger partial charge < -0.3 is 0 Å². The standard InChI is InChI=1S/C11H9BrCl2S2/c1-2-6-3-4-15-10(6)9(14)8-5-7(13)11(12)16-8/h3-5,9H,2H2,1H3. The van der Waals surface area contributed by atoms with Crippen LogP contribution in [0.15, 0.2) is 21.3 Å². The number of hydrogen-bond acceptors (Lipinski definition) is 2. The van der Waals surface area contributed by atoms with E-state index in [1.807, 2.05) is 6.07 Å². The maximum Gasteiger partial charge on any atom is 0.102 e. The maximum absolute atomic E-state index is 6.48. The highest BCUT2D eigenvalue weighted by Gasteiger charge is 2.19. The normalized spacial score (nSPS) is 13.0. The second-order valence-corrected chi connectivity index (χ2v) is 7.49. The fraction of sp³-hybridized carbons (Fsp3) is 0.273. The Kier molecular flexibility index (Phi) is 4.36. The van der Waals surface area contributed by atoms with Crippen LogP contribution in [-0.4, -0.2) is 0 Å². The van der Waals surface area contributed by atoms with E-state index in [0.29, 0.717) is 0 Å². The average molecular weight is 356 g/mol. The van der Waals surface area contributed by atoms with Crippen molar-refractivity contribution in [2.24, 2.45) is 0 Å². The van der Waals surface area contributed by atoms with Gasteiger partial charge in [-0.25, -0.2) is 0 Å². The number of alkyl halides is 1. The molecule has 0 aromatic carbocycles. The largest absolute Gasteiger partial charge is 0.147 e. The van der Waals surface area contributed by atoms with Crippen LogP contribution in [0.3, 0.4) is 0 Å². The number of thiophene rings is 2. The number of hydrogen-bond donors (Lipinski definition) is 0. The van der Waals surface area contributed by atoms with Crippen molar-refractivity contribution < 1.29 is 0 Å². The topological polar surface area (TPSA) is 0 Å². The highest BCUT2D eigenvalue weighted by molar-refractivity contribution is 9.11. The summed E-state index contributed by atoms with van der Waals surface area (Å²) in [6.07, 6.45) is 1.02. The summed E-state index contributed by atoms with van der Waals surface area (Å²) in [4.78, 5) is 2.32. The van der Waals surface area contributed by atoms with E-state index < -0.39 is 0 Å². The lowest BCUT2D eigenvalue weighted by atomic mass is 10.1. The van der Waals surface area contributed by atoms with Crippen LogP contribution in [0.4, 0.5) is 0 Å². The van der Waals surface area contributed by atoms with Crippen LogP contribution >= 0.6 is 61.8 Å². The Morgan fingerprint density at radius 2 is 2.25 bits per heavy atom. The molecule has 0 amide bonds. The average Bonchev–Trinajstić information content (AvgIpc) is 2.85. The Balaban J connectivity index is 2.35. The Morgan fingerprint density at radius 1 is 1.50 bits per heavy atom. The van der Waals surface area contributed by atoms with Gasteiger partial charge in [0.15, 0.2) is 0 Å². The summed E-state index contributed by atoms with van der Waals surface area (Å²) >= 11 is 19.2. The molecule has 0 saturated heterocycles. The summed E-state index contributed by atoms with van der Waals surface area (Å²) in [5, 5.41) is 2.75. The van der Waals surface area contributed by atoms with Gasteiger partial charge >= 0.3 is 0 Å². The minimum Gasteiger partial charge on any atom is -0.147 e. The zero-order valence-corrected chi connectivity index (χ0v) is 13.2. The zero-order valence-electron chi connectivity index (χ0n) is 8.47. The van der Waals surface area contributed by atoms with E-state index in [0.717, 1.165) is 20.1 Å². The highest BCUT2D eigenvalue weighted by atomic mass is 79.9. The van der Waals surface area contributed by atoms with Gasteiger partial charge in [-0.15, -0.1) is 34.3 Å². The Bertz CT molecular complexity index is 470. The van der Waals surface area contributed by atoms with Gasteiger partial charge in [-0.2, -0.15) is 0 Å². The van der Waals surface area contributed by atoms with Gasteiger partial charge in [0.2, 0.25) is 0 Å². The lowest BCUT2D eigenvalue weighted by Crippen LogP contribution is -1.90. The fourth-order valence-corrected chi connectivity index (χ4v) is 4.77. The molecule has 5 heteroatoms. The first-order valence-electron chi connectivity index (χ1n) is 4.78. The predicted molar refractivity (Wildman–Crippen MR) is 78.4 cm³/mol. The molecule has 1 unspecified atom stereocenters. The van der Waals surface area contributed by atoms with Crippen molar-refractivity contribution in [1.82, 2.24) is 0 Å². The molecule has 2 rings (SSSR count). The van der Waals surface area contributed by atoms with Crippen LogP contribution < -0.4 is 0 Å². The molecule has 2 aromatic heterocycles. The zero-order chi connectivity index (χ0) is 11.7. The Hall–Kier alpha value is 0.460. The minimum atomic E-state index is -0.0799. The monoisotopic (exact) mass is 354 g/mol. The van der Waals surface area contributed by atoms with Gasteiger partial charge in [0.05, 0.1) is 8.81 Å². The molecule has 0 bridgehead atoms. The van der Waals surface area contributed by atoms with E-state index in [1.165, 1.54) is 10.4 Å². The van der Waals surface area contributed by atoms with Gasteiger partial charge in [-0.3, -0.25) is 0 Å². The molecule has 16 heavy (non-hydrogen) atoms. The van der Waals surface area contributed by atoms with Crippen molar-refractivity contribution >= 4 is 61.8 Å². The van der Waals surface area contributed by atoms with Crippen LogP contribution in [0.5, 0.6) is 0 Å². The second kappa shape index (κ2) is 5.40. The van der Waals surface area contributed by atoms with Gasteiger partial charge in [0, 0.05) is 9.75 Å². The lowest BCUT2D eigenvalue weighted by molar-refractivity contribution is 1.09. The van der Waals surface area contributed by atoms with E-state index in [4.69, 9.17) is 23.2 Å². The first-order valence-corrected chi connectivity index (χ1v) is 8.09. The molecule has 0 spiro atoms. The van der Waals surface area contributed by atoms with Crippen molar-refractivity contribution in [3.63, 3.8) is 0 Å². The fourth-order valence-electron chi connectivity index (χ4n) is 1.48. The van der Waals surface area contributed by atoms with Gasteiger partial charge in [0.1, 0.15) is 5.38 Å².